The average molecular weight is 276 g/mol. The van der Waals surface area contributed by atoms with E-state index in [4.69, 9.17) is 0 Å². The monoisotopic (exact) mass is 276 g/mol. The zero-order chi connectivity index (χ0) is 14.5. The van der Waals surface area contributed by atoms with E-state index in [0.29, 0.717) is 12.1 Å². The number of rotatable bonds is 6. The van der Waals surface area contributed by atoms with Crippen LogP contribution >= 0.6 is 0 Å². The molecule has 1 heterocycles. The lowest BCUT2D eigenvalue weighted by atomic mass is 10.1. The van der Waals surface area contributed by atoms with Crippen LogP contribution in [0.5, 0.6) is 0 Å². The molecule has 114 valence electrons. The summed E-state index contributed by atoms with van der Waals surface area (Å²) in [6.07, 6.45) is 21.0. The predicted molar refractivity (Wildman–Crippen MR) is 88.2 cm³/mol. The van der Waals surface area contributed by atoms with E-state index in [0.717, 1.165) is 25.7 Å². The molecule has 20 heavy (non-hydrogen) atoms. The molecule has 0 aromatic rings. The van der Waals surface area contributed by atoms with Gasteiger partial charge < -0.3 is 0 Å². The summed E-state index contributed by atoms with van der Waals surface area (Å²) in [5.74, 6) is 0. The van der Waals surface area contributed by atoms with E-state index < -0.39 is 0 Å². The van der Waals surface area contributed by atoms with Crippen LogP contribution in [0, 0.1) is 0 Å². The third-order valence-corrected chi connectivity index (χ3v) is 3.82. The lowest BCUT2D eigenvalue weighted by molar-refractivity contribution is 0.503. The van der Waals surface area contributed by atoms with Crippen molar-refractivity contribution in [3.8, 4) is 0 Å². The van der Waals surface area contributed by atoms with Crippen molar-refractivity contribution in [1.29, 1.82) is 0 Å². The SMILES string of the molecule is CCCCC1C/C=C\CC/C=C\CC(CCCC)N=N1. The van der Waals surface area contributed by atoms with E-state index >= 15 is 0 Å². The second-order valence-corrected chi connectivity index (χ2v) is 5.81. The van der Waals surface area contributed by atoms with Crippen LogP contribution in [0.2, 0.25) is 0 Å². The zero-order valence-electron chi connectivity index (χ0n) is 13.4. The van der Waals surface area contributed by atoms with Gasteiger partial charge in [-0.2, -0.15) is 10.2 Å². The Morgan fingerprint density at radius 1 is 0.750 bits per heavy atom. The van der Waals surface area contributed by atoms with Crippen molar-refractivity contribution in [1.82, 2.24) is 0 Å². The quantitative estimate of drug-likeness (QED) is 0.513. The number of azo groups is 1. The van der Waals surface area contributed by atoms with E-state index in [9.17, 15) is 0 Å². The zero-order valence-corrected chi connectivity index (χ0v) is 13.4. The number of nitrogens with zero attached hydrogens (tertiary/aromatic N) is 2. The van der Waals surface area contributed by atoms with Crippen LogP contribution in [0.1, 0.15) is 78.1 Å². The molecule has 2 heteroatoms. The van der Waals surface area contributed by atoms with Crippen LogP contribution in [0.3, 0.4) is 0 Å². The van der Waals surface area contributed by atoms with Crippen LogP contribution in [0.25, 0.3) is 0 Å². The van der Waals surface area contributed by atoms with Gasteiger partial charge in [0.2, 0.25) is 0 Å². The Balaban J connectivity index is 2.62. The molecule has 1 rings (SSSR count). The molecule has 2 atom stereocenters. The lowest BCUT2D eigenvalue weighted by Gasteiger charge is -2.12. The first-order chi connectivity index (χ1) is 9.86. The molecule has 0 saturated heterocycles. The molecule has 0 bridgehead atoms. The van der Waals surface area contributed by atoms with Crippen LogP contribution in [-0.2, 0) is 0 Å². The minimum atomic E-state index is 0.402. The first-order valence-electron chi connectivity index (χ1n) is 8.56. The third-order valence-electron chi connectivity index (χ3n) is 3.82. The van der Waals surface area contributed by atoms with E-state index in [1.807, 2.05) is 0 Å². The van der Waals surface area contributed by atoms with E-state index in [1.165, 1.54) is 38.5 Å². The summed E-state index contributed by atoms with van der Waals surface area (Å²) in [5, 5.41) is 9.34. The summed E-state index contributed by atoms with van der Waals surface area (Å²) in [5.41, 5.74) is 0. The fraction of sp³-hybridized carbons (Fsp3) is 0.778. The van der Waals surface area contributed by atoms with Gasteiger partial charge in [0.1, 0.15) is 0 Å². The van der Waals surface area contributed by atoms with Crippen molar-refractivity contribution in [3.05, 3.63) is 24.3 Å². The van der Waals surface area contributed by atoms with Gasteiger partial charge in [-0.1, -0.05) is 63.8 Å². The number of hydrogen-bond acceptors (Lipinski definition) is 2. The summed E-state index contributed by atoms with van der Waals surface area (Å²) in [4.78, 5) is 0. The molecule has 1 aliphatic rings. The largest absolute Gasteiger partial charge is 0.190 e. The Bertz CT molecular complexity index is 275. The number of allylic oxidation sites excluding steroid dienone is 2. The Kier molecular flexibility index (Phi) is 10.2. The van der Waals surface area contributed by atoms with Gasteiger partial charge in [0.05, 0.1) is 12.1 Å². The molecule has 0 saturated carbocycles. The summed E-state index contributed by atoms with van der Waals surface area (Å²) < 4.78 is 0. The van der Waals surface area contributed by atoms with E-state index in [-0.39, 0.29) is 0 Å². The highest BCUT2D eigenvalue weighted by atomic mass is 15.1. The topological polar surface area (TPSA) is 24.7 Å². The molecule has 2 nitrogen and oxygen atoms in total. The molecule has 0 radical (unpaired) electrons. The van der Waals surface area contributed by atoms with E-state index in [2.05, 4.69) is 48.4 Å². The second-order valence-electron chi connectivity index (χ2n) is 5.81. The molecule has 0 aromatic carbocycles. The Morgan fingerprint density at radius 2 is 1.20 bits per heavy atom. The van der Waals surface area contributed by atoms with Gasteiger partial charge in [0.25, 0.3) is 0 Å². The van der Waals surface area contributed by atoms with Crippen LogP contribution in [0.15, 0.2) is 34.5 Å². The van der Waals surface area contributed by atoms with Gasteiger partial charge in [-0.15, -0.1) is 0 Å². The molecule has 0 fully saturated rings. The summed E-state index contributed by atoms with van der Waals surface area (Å²) >= 11 is 0. The number of hydrogen-bond donors (Lipinski definition) is 0. The second kappa shape index (κ2) is 11.9. The Morgan fingerprint density at radius 3 is 1.60 bits per heavy atom. The molecule has 0 aliphatic carbocycles. The minimum absolute atomic E-state index is 0.402. The molecule has 2 unspecified atom stereocenters. The van der Waals surface area contributed by atoms with Crippen molar-refractivity contribution in [2.24, 2.45) is 10.2 Å². The highest BCUT2D eigenvalue weighted by Crippen LogP contribution is 2.16. The summed E-state index contributed by atoms with van der Waals surface area (Å²) in [6.45, 7) is 4.49. The summed E-state index contributed by atoms with van der Waals surface area (Å²) in [6, 6.07) is 0.803. The molecular weight excluding hydrogens is 244 g/mol. The highest BCUT2D eigenvalue weighted by molar-refractivity contribution is 4.92. The highest BCUT2D eigenvalue weighted by Gasteiger charge is 2.08. The van der Waals surface area contributed by atoms with Crippen molar-refractivity contribution in [2.45, 2.75) is 90.1 Å². The van der Waals surface area contributed by atoms with Crippen LogP contribution in [-0.4, -0.2) is 12.1 Å². The molecule has 0 aromatic heterocycles. The molecule has 0 amide bonds. The molecular formula is C18H32N2. The van der Waals surface area contributed by atoms with Crippen molar-refractivity contribution in [3.63, 3.8) is 0 Å². The first kappa shape index (κ1) is 17.1. The molecule has 0 N–H and O–H groups in total. The van der Waals surface area contributed by atoms with Gasteiger partial charge >= 0.3 is 0 Å². The minimum Gasteiger partial charge on any atom is -0.190 e. The third kappa shape index (κ3) is 8.29. The standard InChI is InChI=1S/C18H32N2/c1-3-5-13-17-15-11-9-7-8-10-12-16-18(20-19-17)14-6-4-2/h9-12,17-18H,3-8,13-16H2,1-2H3/b11-9-,12-10-,20-19?. The van der Waals surface area contributed by atoms with Crippen molar-refractivity contribution < 1.29 is 0 Å². The van der Waals surface area contributed by atoms with Gasteiger partial charge in [0.15, 0.2) is 0 Å². The van der Waals surface area contributed by atoms with Crippen LogP contribution < -0.4 is 0 Å². The van der Waals surface area contributed by atoms with Gasteiger partial charge in [0, 0.05) is 0 Å². The lowest BCUT2D eigenvalue weighted by Crippen LogP contribution is -2.07. The Labute approximate surface area is 125 Å². The average Bonchev–Trinajstić information content (AvgIpc) is 2.46. The summed E-state index contributed by atoms with van der Waals surface area (Å²) in [7, 11) is 0. The normalized spacial score (nSPS) is 27.5. The fourth-order valence-corrected chi connectivity index (χ4v) is 2.45. The number of unbranched alkanes of at least 4 members (excludes halogenated alkanes) is 2. The molecule has 0 spiro atoms. The maximum absolute atomic E-state index is 4.67. The van der Waals surface area contributed by atoms with E-state index in [1.54, 1.807) is 0 Å². The van der Waals surface area contributed by atoms with Gasteiger partial charge in [-0.25, -0.2) is 0 Å². The Hall–Kier alpha value is -0.920. The van der Waals surface area contributed by atoms with Crippen molar-refractivity contribution >= 4 is 0 Å². The molecule has 1 aliphatic heterocycles. The first-order valence-corrected chi connectivity index (χ1v) is 8.56. The van der Waals surface area contributed by atoms with Crippen molar-refractivity contribution in [2.75, 3.05) is 0 Å². The maximum Gasteiger partial charge on any atom is 0.0742 e. The van der Waals surface area contributed by atoms with Gasteiger partial charge in [-0.3, -0.25) is 0 Å². The fourth-order valence-electron chi connectivity index (χ4n) is 2.45. The van der Waals surface area contributed by atoms with Crippen LogP contribution in [0.4, 0.5) is 0 Å². The van der Waals surface area contributed by atoms with Gasteiger partial charge in [-0.05, 0) is 38.5 Å². The predicted octanol–water partition coefficient (Wildman–Crippen LogP) is 6.24. The smallest absolute Gasteiger partial charge is 0.0742 e. The maximum atomic E-state index is 4.67.